The van der Waals surface area contributed by atoms with E-state index in [4.69, 9.17) is 4.74 Å². The van der Waals surface area contributed by atoms with Crippen molar-refractivity contribution in [3.63, 3.8) is 0 Å². The lowest BCUT2D eigenvalue weighted by Gasteiger charge is -2.22. The molecule has 1 atom stereocenters. The van der Waals surface area contributed by atoms with Crippen molar-refractivity contribution < 1.29 is 14.3 Å². The number of ether oxygens (including phenoxy) is 1. The van der Waals surface area contributed by atoms with E-state index in [1.165, 1.54) is 11.3 Å². The summed E-state index contributed by atoms with van der Waals surface area (Å²) in [6.07, 6.45) is 0.812. The van der Waals surface area contributed by atoms with Crippen LogP contribution in [-0.2, 0) is 16.0 Å². The highest BCUT2D eigenvalue weighted by Gasteiger charge is 2.31. The van der Waals surface area contributed by atoms with E-state index in [9.17, 15) is 9.59 Å². The molecule has 0 aliphatic carbocycles. The number of carbonyl (C=O) groups excluding carboxylic acids is 2. The monoisotopic (exact) mass is 434 g/mol. The van der Waals surface area contributed by atoms with Crippen LogP contribution in [0.1, 0.15) is 22.2 Å². The zero-order valence-electron chi connectivity index (χ0n) is 16.2. The first-order valence-corrected chi connectivity index (χ1v) is 11.3. The largest absolute Gasteiger partial charge is 0.451 e. The molecule has 1 unspecified atom stereocenters. The maximum absolute atomic E-state index is 12.7. The van der Waals surface area contributed by atoms with Crippen molar-refractivity contribution in [2.45, 2.75) is 19.4 Å². The van der Waals surface area contributed by atoms with Crippen molar-refractivity contribution in [2.75, 3.05) is 11.5 Å². The molecule has 5 rings (SSSR count). The van der Waals surface area contributed by atoms with Crippen LogP contribution < -0.4 is 4.90 Å². The summed E-state index contributed by atoms with van der Waals surface area (Å²) in [5.74, 6) is -0.690. The third kappa shape index (κ3) is 3.40. The molecule has 5 nitrogen and oxygen atoms in total. The van der Waals surface area contributed by atoms with Gasteiger partial charge in [0.25, 0.3) is 5.91 Å². The van der Waals surface area contributed by atoms with Gasteiger partial charge in [0.1, 0.15) is 9.88 Å². The van der Waals surface area contributed by atoms with E-state index in [0.717, 1.165) is 37.8 Å². The molecule has 3 heterocycles. The van der Waals surface area contributed by atoms with Crippen molar-refractivity contribution in [3.05, 3.63) is 71.1 Å². The second-order valence-electron chi connectivity index (χ2n) is 7.17. The number of esters is 1. The number of benzene rings is 2. The van der Waals surface area contributed by atoms with Gasteiger partial charge in [-0.3, -0.25) is 4.79 Å². The van der Waals surface area contributed by atoms with Gasteiger partial charge >= 0.3 is 5.97 Å². The van der Waals surface area contributed by atoms with Crippen molar-refractivity contribution in [2.24, 2.45) is 0 Å². The quantitative estimate of drug-likeness (QED) is 0.416. The van der Waals surface area contributed by atoms with Gasteiger partial charge in [-0.25, -0.2) is 9.78 Å². The van der Waals surface area contributed by atoms with E-state index < -0.39 is 5.97 Å². The number of rotatable bonds is 4. The molecule has 0 bridgehead atoms. The number of thiophene rings is 1. The van der Waals surface area contributed by atoms with E-state index in [1.54, 1.807) is 22.3 Å². The van der Waals surface area contributed by atoms with Gasteiger partial charge in [-0.15, -0.1) is 22.7 Å². The summed E-state index contributed by atoms with van der Waals surface area (Å²) in [5, 5.41) is 0.874. The summed E-state index contributed by atoms with van der Waals surface area (Å²) in [5.41, 5.74) is 2.99. The van der Waals surface area contributed by atoms with E-state index >= 15 is 0 Å². The van der Waals surface area contributed by atoms with Gasteiger partial charge < -0.3 is 9.64 Å². The first-order valence-electron chi connectivity index (χ1n) is 9.63. The highest BCUT2D eigenvalue weighted by molar-refractivity contribution is 7.26. The molecular weight excluding hydrogens is 416 g/mol. The number of amides is 1. The number of hydrogen-bond acceptors (Lipinski definition) is 6. The Hall–Kier alpha value is -3.03. The summed E-state index contributed by atoms with van der Waals surface area (Å²) < 4.78 is 6.44. The standard InChI is InChI=1S/C23H18N2O3S2/c1-14-12-15-6-2-4-8-17(15)25(14)21(26)13-28-23(27)20-11-10-19(29-20)22-24-16-7-3-5-9-18(16)30-22/h2-11,14H,12-13H2,1H3. The smallest absolute Gasteiger partial charge is 0.348 e. The summed E-state index contributed by atoms with van der Waals surface area (Å²) in [4.78, 5) is 33.0. The van der Waals surface area contributed by atoms with Gasteiger partial charge in [0.2, 0.25) is 0 Å². The Labute approximate surface area is 181 Å². The fraction of sp³-hybridized carbons (Fsp3) is 0.174. The molecule has 2 aromatic heterocycles. The average molecular weight is 435 g/mol. The number of hydrogen-bond donors (Lipinski definition) is 0. The summed E-state index contributed by atoms with van der Waals surface area (Å²) in [6, 6.07) is 19.5. The highest BCUT2D eigenvalue weighted by Crippen LogP contribution is 2.35. The SMILES string of the molecule is CC1Cc2ccccc2N1C(=O)COC(=O)c1ccc(-c2nc3ccccc3s2)s1. The maximum Gasteiger partial charge on any atom is 0.348 e. The van der Waals surface area contributed by atoms with Crippen LogP contribution in [-0.4, -0.2) is 29.5 Å². The van der Waals surface area contributed by atoms with E-state index in [1.807, 2.05) is 61.5 Å². The molecule has 150 valence electrons. The topological polar surface area (TPSA) is 59.5 Å². The number of anilines is 1. The minimum absolute atomic E-state index is 0.0565. The number of para-hydroxylation sites is 2. The van der Waals surface area contributed by atoms with Gasteiger partial charge in [0.15, 0.2) is 6.61 Å². The molecule has 1 aliphatic rings. The Balaban J connectivity index is 1.27. The highest BCUT2D eigenvalue weighted by atomic mass is 32.1. The molecule has 4 aromatic rings. The van der Waals surface area contributed by atoms with Crippen LogP contribution in [0.2, 0.25) is 0 Å². The van der Waals surface area contributed by atoms with Crippen LogP contribution in [0.5, 0.6) is 0 Å². The molecule has 0 N–H and O–H groups in total. The normalized spacial score (nSPS) is 15.4. The maximum atomic E-state index is 12.7. The van der Waals surface area contributed by atoms with Crippen LogP contribution >= 0.6 is 22.7 Å². The van der Waals surface area contributed by atoms with Crippen LogP contribution in [0.25, 0.3) is 20.1 Å². The number of nitrogens with zero attached hydrogens (tertiary/aromatic N) is 2. The van der Waals surface area contributed by atoms with Crippen LogP contribution in [0, 0.1) is 0 Å². The minimum atomic E-state index is -0.485. The lowest BCUT2D eigenvalue weighted by molar-refractivity contribution is -0.122. The number of thiazole rings is 1. The van der Waals surface area contributed by atoms with Gasteiger partial charge in [-0.05, 0) is 49.2 Å². The molecule has 30 heavy (non-hydrogen) atoms. The Bertz CT molecular complexity index is 1230. The van der Waals surface area contributed by atoms with Crippen molar-refractivity contribution in [1.29, 1.82) is 0 Å². The van der Waals surface area contributed by atoms with Crippen molar-refractivity contribution in [3.8, 4) is 9.88 Å². The molecule has 0 saturated carbocycles. The molecule has 1 aliphatic heterocycles. The third-order valence-electron chi connectivity index (χ3n) is 5.11. The zero-order valence-corrected chi connectivity index (χ0v) is 17.8. The van der Waals surface area contributed by atoms with Gasteiger partial charge in [-0.1, -0.05) is 30.3 Å². The second-order valence-corrected chi connectivity index (χ2v) is 9.29. The molecule has 0 fully saturated rings. The second kappa shape index (κ2) is 7.66. The lowest BCUT2D eigenvalue weighted by atomic mass is 10.1. The number of fused-ring (bicyclic) bond motifs is 2. The summed E-state index contributed by atoms with van der Waals surface area (Å²) in [6.45, 7) is 1.73. The zero-order chi connectivity index (χ0) is 20.7. The van der Waals surface area contributed by atoms with Crippen molar-refractivity contribution >= 4 is 50.5 Å². The first-order chi connectivity index (χ1) is 14.6. The predicted octanol–water partition coefficient (Wildman–Crippen LogP) is 5.16. The molecule has 0 saturated heterocycles. The Kier molecular flexibility index (Phi) is 4.84. The van der Waals surface area contributed by atoms with Crippen molar-refractivity contribution in [1.82, 2.24) is 4.98 Å². The lowest BCUT2D eigenvalue weighted by Crippen LogP contribution is -2.38. The molecule has 0 radical (unpaired) electrons. The van der Waals surface area contributed by atoms with Crippen LogP contribution in [0.3, 0.4) is 0 Å². The Morgan fingerprint density at radius 2 is 1.87 bits per heavy atom. The minimum Gasteiger partial charge on any atom is -0.451 e. The Morgan fingerprint density at radius 3 is 2.73 bits per heavy atom. The predicted molar refractivity (Wildman–Crippen MR) is 120 cm³/mol. The molecule has 2 aromatic carbocycles. The van der Waals surface area contributed by atoms with E-state index in [0.29, 0.717) is 4.88 Å². The molecular formula is C23H18N2O3S2. The molecule has 7 heteroatoms. The summed E-state index contributed by atoms with van der Waals surface area (Å²) in [7, 11) is 0. The Morgan fingerprint density at radius 1 is 1.07 bits per heavy atom. The average Bonchev–Trinajstić information content (AvgIpc) is 3.47. The fourth-order valence-electron chi connectivity index (χ4n) is 3.75. The molecule has 0 spiro atoms. The fourth-order valence-corrected chi connectivity index (χ4v) is 5.67. The van der Waals surface area contributed by atoms with Gasteiger partial charge in [0.05, 0.1) is 15.1 Å². The van der Waals surface area contributed by atoms with Crippen LogP contribution in [0.4, 0.5) is 5.69 Å². The van der Waals surface area contributed by atoms with E-state index in [2.05, 4.69) is 4.98 Å². The van der Waals surface area contributed by atoms with Gasteiger partial charge in [0, 0.05) is 11.7 Å². The number of carbonyl (C=O) groups is 2. The summed E-state index contributed by atoms with van der Waals surface area (Å²) >= 11 is 2.92. The van der Waals surface area contributed by atoms with Crippen LogP contribution in [0.15, 0.2) is 60.7 Å². The molecule has 1 amide bonds. The number of aromatic nitrogens is 1. The first kappa shape index (κ1) is 19.0. The van der Waals surface area contributed by atoms with E-state index in [-0.39, 0.29) is 18.6 Å². The van der Waals surface area contributed by atoms with Gasteiger partial charge in [-0.2, -0.15) is 0 Å². The third-order valence-corrected chi connectivity index (χ3v) is 7.39.